The molecule has 1 fully saturated rings. The maximum atomic E-state index is 11.3. The highest BCUT2D eigenvalue weighted by molar-refractivity contribution is 6.35. The van der Waals surface area contributed by atoms with Crippen molar-refractivity contribution in [3.05, 3.63) is 0 Å². The molecule has 6 nitrogen and oxygen atoms in total. The molecule has 0 aromatic rings. The van der Waals surface area contributed by atoms with E-state index in [-0.39, 0.29) is 6.10 Å². The van der Waals surface area contributed by atoms with Crippen LogP contribution in [0.4, 0.5) is 0 Å². The highest BCUT2D eigenvalue weighted by atomic mass is 16.5. The second kappa shape index (κ2) is 7.24. The third-order valence-electron chi connectivity index (χ3n) is 2.69. The number of hydrogen-bond acceptors (Lipinski definition) is 4. The second-order valence-electron chi connectivity index (χ2n) is 4.20. The smallest absolute Gasteiger partial charge is 0.309 e. The maximum Gasteiger partial charge on any atom is 0.309 e. The number of aliphatic hydroxyl groups excluding tert-OH is 1. The number of amides is 2. The van der Waals surface area contributed by atoms with Crippen LogP contribution in [-0.4, -0.2) is 49.8 Å². The summed E-state index contributed by atoms with van der Waals surface area (Å²) in [6, 6.07) is 0. The molecule has 1 atom stereocenters. The number of carbonyl (C=O) groups excluding carboxylic acids is 2. The van der Waals surface area contributed by atoms with Gasteiger partial charge in [-0.15, -0.1) is 0 Å². The number of nitrogens with one attached hydrogen (secondary N) is 2. The van der Waals surface area contributed by atoms with E-state index in [1.54, 1.807) is 0 Å². The Morgan fingerprint density at radius 2 is 1.88 bits per heavy atom. The monoisotopic (exact) mass is 244 g/mol. The van der Waals surface area contributed by atoms with Crippen molar-refractivity contribution in [1.29, 1.82) is 0 Å². The zero-order valence-electron chi connectivity index (χ0n) is 10.1. The molecule has 1 unspecified atom stereocenters. The highest BCUT2D eigenvalue weighted by Gasteiger charge is 2.29. The van der Waals surface area contributed by atoms with Gasteiger partial charge in [0.1, 0.15) is 0 Å². The average molecular weight is 244 g/mol. The van der Waals surface area contributed by atoms with Gasteiger partial charge in [0, 0.05) is 20.2 Å². The van der Waals surface area contributed by atoms with E-state index in [1.165, 1.54) is 7.11 Å². The topological polar surface area (TPSA) is 87.7 Å². The third-order valence-corrected chi connectivity index (χ3v) is 2.69. The van der Waals surface area contributed by atoms with E-state index in [1.807, 2.05) is 0 Å². The van der Waals surface area contributed by atoms with Gasteiger partial charge in [-0.25, -0.2) is 0 Å². The van der Waals surface area contributed by atoms with Crippen LogP contribution in [0.5, 0.6) is 0 Å². The zero-order chi connectivity index (χ0) is 12.7. The zero-order valence-corrected chi connectivity index (χ0v) is 10.1. The molecular weight excluding hydrogens is 224 g/mol. The lowest BCUT2D eigenvalue weighted by molar-refractivity contribution is -0.139. The Bertz CT molecular complexity index is 266. The van der Waals surface area contributed by atoms with Crippen LogP contribution in [0.25, 0.3) is 0 Å². The fraction of sp³-hybridized carbons (Fsp3) is 0.818. The van der Waals surface area contributed by atoms with Gasteiger partial charge < -0.3 is 20.5 Å². The highest BCUT2D eigenvalue weighted by Crippen LogP contribution is 2.33. The average Bonchev–Trinajstić information content (AvgIpc) is 3.12. The van der Waals surface area contributed by atoms with Gasteiger partial charge >= 0.3 is 11.8 Å². The van der Waals surface area contributed by atoms with Crippen molar-refractivity contribution < 1.29 is 19.4 Å². The minimum Gasteiger partial charge on any atom is -0.393 e. The number of ether oxygens (including phenoxy) is 1. The van der Waals surface area contributed by atoms with Gasteiger partial charge in [-0.05, 0) is 25.2 Å². The summed E-state index contributed by atoms with van der Waals surface area (Å²) in [5, 5.41) is 14.4. The minimum absolute atomic E-state index is 0.313. The fourth-order valence-corrected chi connectivity index (χ4v) is 1.48. The van der Waals surface area contributed by atoms with Gasteiger partial charge in [0.15, 0.2) is 0 Å². The van der Waals surface area contributed by atoms with E-state index in [0.717, 1.165) is 12.8 Å². The predicted molar refractivity (Wildman–Crippen MR) is 61.2 cm³/mol. The van der Waals surface area contributed by atoms with Crippen LogP contribution in [0.3, 0.4) is 0 Å². The van der Waals surface area contributed by atoms with E-state index in [4.69, 9.17) is 4.74 Å². The first-order chi connectivity index (χ1) is 8.15. The minimum atomic E-state index is -0.664. The van der Waals surface area contributed by atoms with Gasteiger partial charge in [0.2, 0.25) is 0 Å². The first-order valence-electron chi connectivity index (χ1n) is 5.88. The summed E-state index contributed by atoms with van der Waals surface area (Å²) in [6.45, 7) is 1.01. The summed E-state index contributed by atoms with van der Waals surface area (Å²) in [7, 11) is 1.52. The van der Waals surface area contributed by atoms with E-state index in [0.29, 0.717) is 32.0 Å². The van der Waals surface area contributed by atoms with Crippen LogP contribution in [0.2, 0.25) is 0 Å². The quantitative estimate of drug-likeness (QED) is 0.397. The Balaban J connectivity index is 2.04. The van der Waals surface area contributed by atoms with Crippen molar-refractivity contribution in [1.82, 2.24) is 10.6 Å². The summed E-state index contributed by atoms with van der Waals surface area (Å²) in [5.74, 6) is -0.936. The second-order valence-corrected chi connectivity index (χ2v) is 4.20. The molecule has 1 saturated carbocycles. The van der Waals surface area contributed by atoms with Crippen LogP contribution >= 0.6 is 0 Å². The number of methoxy groups -OCH3 is 1. The molecule has 0 radical (unpaired) electrons. The molecule has 0 aromatic carbocycles. The normalized spacial score (nSPS) is 16.4. The number of aliphatic hydroxyl groups is 1. The first-order valence-corrected chi connectivity index (χ1v) is 5.88. The van der Waals surface area contributed by atoms with Gasteiger partial charge in [0.05, 0.1) is 12.7 Å². The van der Waals surface area contributed by atoms with E-state index < -0.39 is 11.8 Å². The molecule has 2 amide bonds. The van der Waals surface area contributed by atoms with Crippen molar-refractivity contribution >= 4 is 11.8 Å². The van der Waals surface area contributed by atoms with Crippen LogP contribution in [0.15, 0.2) is 0 Å². The molecule has 98 valence electrons. The van der Waals surface area contributed by atoms with Crippen molar-refractivity contribution in [3.8, 4) is 0 Å². The summed E-state index contributed by atoms with van der Waals surface area (Å²) >= 11 is 0. The van der Waals surface area contributed by atoms with Gasteiger partial charge in [-0.2, -0.15) is 0 Å². The predicted octanol–water partition coefficient (Wildman–Crippen LogP) is -0.974. The Kier molecular flexibility index (Phi) is 5.93. The molecule has 0 bridgehead atoms. The van der Waals surface area contributed by atoms with E-state index >= 15 is 0 Å². The summed E-state index contributed by atoms with van der Waals surface area (Å²) < 4.78 is 4.74. The lowest BCUT2D eigenvalue weighted by Gasteiger charge is -2.09. The van der Waals surface area contributed by atoms with Crippen molar-refractivity contribution in [2.45, 2.75) is 25.4 Å². The van der Waals surface area contributed by atoms with Crippen molar-refractivity contribution in [3.63, 3.8) is 0 Å². The number of hydrogen-bond donors (Lipinski definition) is 3. The SMILES string of the molecule is COCCNC(=O)C(=O)NCCC(O)C1CC1. The molecule has 0 spiro atoms. The lowest BCUT2D eigenvalue weighted by Crippen LogP contribution is -2.41. The molecular formula is C11H20N2O4. The number of rotatable bonds is 7. The van der Waals surface area contributed by atoms with Crippen LogP contribution < -0.4 is 10.6 Å². The first kappa shape index (κ1) is 13.9. The fourth-order valence-electron chi connectivity index (χ4n) is 1.48. The molecule has 3 N–H and O–H groups in total. The van der Waals surface area contributed by atoms with E-state index in [2.05, 4.69) is 10.6 Å². The summed E-state index contributed by atoms with van der Waals surface area (Å²) in [5.41, 5.74) is 0. The molecule has 1 aliphatic carbocycles. The van der Waals surface area contributed by atoms with Gasteiger partial charge in [0.25, 0.3) is 0 Å². The molecule has 1 rings (SSSR count). The molecule has 0 aromatic heterocycles. The van der Waals surface area contributed by atoms with Gasteiger partial charge in [-0.3, -0.25) is 9.59 Å². The molecule has 1 aliphatic rings. The van der Waals surface area contributed by atoms with Crippen LogP contribution in [0.1, 0.15) is 19.3 Å². The third kappa shape index (κ3) is 5.65. The van der Waals surface area contributed by atoms with E-state index in [9.17, 15) is 14.7 Å². The Hall–Kier alpha value is -1.14. The standard InChI is InChI=1S/C11H20N2O4/c1-17-7-6-13-11(16)10(15)12-5-4-9(14)8-2-3-8/h8-9,14H,2-7H2,1H3,(H,12,15)(H,13,16). The maximum absolute atomic E-state index is 11.3. The Labute approximate surface area is 101 Å². The number of carbonyl (C=O) groups is 2. The molecule has 6 heteroatoms. The van der Waals surface area contributed by atoms with Crippen LogP contribution in [0, 0.1) is 5.92 Å². The lowest BCUT2D eigenvalue weighted by atomic mass is 10.2. The Morgan fingerprint density at radius 1 is 1.29 bits per heavy atom. The van der Waals surface area contributed by atoms with Gasteiger partial charge in [-0.1, -0.05) is 0 Å². The van der Waals surface area contributed by atoms with Crippen LogP contribution in [-0.2, 0) is 14.3 Å². The van der Waals surface area contributed by atoms with Crippen molar-refractivity contribution in [2.75, 3.05) is 26.8 Å². The molecule has 0 saturated heterocycles. The largest absolute Gasteiger partial charge is 0.393 e. The Morgan fingerprint density at radius 3 is 2.41 bits per heavy atom. The molecule has 0 aliphatic heterocycles. The summed E-state index contributed by atoms with van der Waals surface area (Å²) in [6.07, 6.45) is 2.27. The molecule has 17 heavy (non-hydrogen) atoms. The molecule has 0 heterocycles. The summed E-state index contributed by atoms with van der Waals surface area (Å²) in [4.78, 5) is 22.5. The van der Waals surface area contributed by atoms with Crippen molar-refractivity contribution in [2.24, 2.45) is 5.92 Å².